The molecule has 0 aromatic heterocycles. The SMILES string of the molecule is CCCCCC(O)/C=C/[C@@H]1CC(=O)C[C@@H]1O. The lowest BCUT2D eigenvalue weighted by Gasteiger charge is -2.09. The lowest BCUT2D eigenvalue weighted by atomic mass is 10.0. The van der Waals surface area contributed by atoms with Crippen molar-refractivity contribution in [2.24, 2.45) is 5.92 Å². The lowest BCUT2D eigenvalue weighted by molar-refractivity contribution is -0.117. The van der Waals surface area contributed by atoms with Gasteiger partial charge >= 0.3 is 0 Å². The molecule has 3 atom stereocenters. The van der Waals surface area contributed by atoms with Crippen molar-refractivity contribution in [2.45, 2.75) is 57.7 Å². The predicted octanol–water partition coefficient (Wildman–Crippen LogP) is 1.82. The van der Waals surface area contributed by atoms with Crippen LogP contribution < -0.4 is 0 Å². The predicted molar refractivity (Wildman–Crippen MR) is 63.0 cm³/mol. The Morgan fingerprint density at radius 1 is 1.44 bits per heavy atom. The minimum absolute atomic E-state index is 0.0895. The second kappa shape index (κ2) is 6.81. The molecule has 1 aliphatic carbocycles. The molecule has 2 N–H and O–H groups in total. The molecule has 1 saturated carbocycles. The van der Waals surface area contributed by atoms with Crippen LogP contribution in [0.25, 0.3) is 0 Å². The maximum absolute atomic E-state index is 11.1. The Hall–Kier alpha value is -0.670. The Kier molecular flexibility index (Phi) is 5.71. The van der Waals surface area contributed by atoms with Crippen LogP contribution in [0.3, 0.4) is 0 Å². The van der Waals surface area contributed by atoms with Gasteiger partial charge in [0.1, 0.15) is 5.78 Å². The van der Waals surface area contributed by atoms with E-state index in [1.807, 2.05) is 0 Å². The third-order valence-electron chi connectivity index (χ3n) is 3.08. The molecule has 1 unspecified atom stereocenters. The van der Waals surface area contributed by atoms with Crippen molar-refractivity contribution in [1.82, 2.24) is 0 Å². The normalized spacial score (nSPS) is 27.8. The van der Waals surface area contributed by atoms with Gasteiger partial charge in [0.15, 0.2) is 0 Å². The molecule has 0 aromatic carbocycles. The molecule has 1 rings (SSSR count). The summed E-state index contributed by atoms with van der Waals surface area (Å²) in [5, 5.41) is 19.2. The highest BCUT2D eigenvalue weighted by Crippen LogP contribution is 2.24. The van der Waals surface area contributed by atoms with Crippen LogP contribution in [0.4, 0.5) is 0 Å². The number of aliphatic hydroxyl groups excluding tert-OH is 2. The number of hydrogen-bond acceptors (Lipinski definition) is 3. The molecule has 0 heterocycles. The zero-order valence-corrected chi connectivity index (χ0v) is 9.93. The summed E-state index contributed by atoms with van der Waals surface area (Å²) in [5.41, 5.74) is 0. The molecule has 0 amide bonds. The smallest absolute Gasteiger partial charge is 0.136 e. The molecule has 0 spiro atoms. The summed E-state index contributed by atoms with van der Waals surface area (Å²) in [6, 6.07) is 0. The number of Topliss-reactive ketones (excluding diaryl/α,β-unsaturated/α-hetero) is 1. The largest absolute Gasteiger partial charge is 0.392 e. The standard InChI is InChI=1S/C13H22O3/c1-2-3-4-5-11(14)7-6-10-8-12(15)9-13(10)16/h6-7,10-11,13-14,16H,2-5,8-9H2,1H3/b7-6+/t10-,11?,13+/m1/s1. The average Bonchev–Trinajstić information content (AvgIpc) is 2.55. The van der Waals surface area contributed by atoms with E-state index in [-0.39, 0.29) is 18.1 Å². The minimum atomic E-state index is -0.549. The van der Waals surface area contributed by atoms with Gasteiger partial charge in [0.2, 0.25) is 0 Å². The number of carbonyl (C=O) groups excluding carboxylic acids is 1. The molecule has 3 heteroatoms. The van der Waals surface area contributed by atoms with Gasteiger partial charge in [0.05, 0.1) is 12.2 Å². The fourth-order valence-electron chi connectivity index (χ4n) is 2.03. The lowest BCUT2D eigenvalue weighted by Crippen LogP contribution is -2.11. The van der Waals surface area contributed by atoms with E-state index in [2.05, 4.69) is 6.92 Å². The van der Waals surface area contributed by atoms with Gasteiger partial charge in [-0.1, -0.05) is 38.3 Å². The van der Waals surface area contributed by atoms with Crippen molar-refractivity contribution >= 4 is 5.78 Å². The van der Waals surface area contributed by atoms with Crippen LogP contribution >= 0.6 is 0 Å². The number of carbonyl (C=O) groups is 1. The van der Waals surface area contributed by atoms with Crippen molar-refractivity contribution in [3.8, 4) is 0 Å². The number of aliphatic hydroxyl groups is 2. The quantitative estimate of drug-likeness (QED) is 0.536. The maximum Gasteiger partial charge on any atom is 0.136 e. The molecule has 0 saturated heterocycles. The number of rotatable bonds is 6. The van der Waals surface area contributed by atoms with Gasteiger partial charge in [-0.3, -0.25) is 4.79 Å². The second-order valence-corrected chi connectivity index (χ2v) is 4.63. The Morgan fingerprint density at radius 3 is 2.75 bits per heavy atom. The number of ketones is 1. The zero-order chi connectivity index (χ0) is 12.0. The molecule has 3 nitrogen and oxygen atoms in total. The fraction of sp³-hybridized carbons (Fsp3) is 0.769. The summed E-state index contributed by atoms with van der Waals surface area (Å²) in [6.07, 6.45) is 7.28. The number of hydrogen-bond donors (Lipinski definition) is 2. The van der Waals surface area contributed by atoms with Crippen LogP contribution in [-0.2, 0) is 4.79 Å². The van der Waals surface area contributed by atoms with Crippen molar-refractivity contribution in [2.75, 3.05) is 0 Å². The Labute approximate surface area is 97.2 Å². The summed E-state index contributed by atoms with van der Waals surface area (Å²) in [4.78, 5) is 11.1. The van der Waals surface area contributed by atoms with Crippen LogP contribution in [-0.4, -0.2) is 28.2 Å². The van der Waals surface area contributed by atoms with E-state index < -0.39 is 12.2 Å². The molecular weight excluding hydrogens is 204 g/mol. The summed E-state index contributed by atoms with van der Waals surface area (Å²) < 4.78 is 0. The molecule has 0 aliphatic heterocycles. The summed E-state index contributed by atoms with van der Waals surface area (Å²) in [5.74, 6) is 0.0240. The monoisotopic (exact) mass is 226 g/mol. The summed E-state index contributed by atoms with van der Waals surface area (Å²) in [7, 11) is 0. The molecule has 0 radical (unpaired) electrons. The first-order valence-corrected chi connectivity index (χ1v) is 6.19. The molecule has 0 aromatic rings. The highest BCUT2D eigenvalue weighted by atomic mass is 16.3. The second-order valence-electron chi connectivity index (χ2n) is 4.63. The van der Waals surface area contributed by atoms with Gasteiger partial charge in [0, 0.05) is 18.8 Å². The third-order valence-corrected chi connectivity index (χ3v) is 3.08. The third kappa shape index (κ3) is 4.45. The van der Waals surface area contributed by atoms with E-state index in [1.165, 1.54) is 0 Å². The van der Waals surface area contributed by atoms with E-state index in [0.717, 1.165) is 25.7 Å². The van der Waals surface area contributed by atoms with Gasteiger partial charge in [-0.25, -0.2) is 0 Å². The van der Waals surface area contributed by atoms with E-state index >= 15 is 0 Å². The van der Waals surface area contributed by atoms with Crippen LogP contribution in [0.1, 0.15) is 45.4 Å². The fourth-order valence-corrected chi connectivity index (χ4v) is 2.03. The van der Waals surface area contributed by atoms with Crippen LogP contribution in [0.15, 0.2) is 12.2 Å². The van der Waals surface area contributed by atoms with Gasteiger partial charge < -0.3 is 10.2 Å². The maximum atomic E-state index is 11.1. The van der Waals surface area contributed by atoms with Crippen LogP contribution in [0, 0.1) is 5.92 Å². The van der Waals surface area contributed by atoms with Gasteiger partial charge in [0.25, 0.3) is 0 Å². The highest BCUT2D eigenvalue weighted by molar-refractivity contribution is 5.81. The Balaban J connectivity index is 2.27. The van der Waals surface area contributed by atoms with E-state index in [4.69, 9.17) is 0 Å². The van der Waals surface area contributed by atoms with Crippen LogP contribution in [0.5, 0.6) is 0 Å². The van der Waals surface area contributed by atoms with E-state index in [0.29, 0.717) is 6.42 Å². The molecular formula is C13H22O3. The zero-order valence-electron chi connectivity index (χ0n) is 9.93. The first kappa shape index (κ1) is 13.4. The Bertz CT molecular complexity index is 248. The van der Waals surface area contributed by atoms with E-state index in [9.17, 15) is 15.0 Å². The van der Waals surface area contributed by atoms with Gasteiger partial charge in [-0.2, -0.15) is 0 Å². The Morgan fingerprint density at radius 2 is 2.19 bits per heavy atom. The molecule has 1 aliphatic rings. The molecule has 16 heavy (non-hydrogen) atoms. The topological polar surface area (TPSA) is 57.5 Å². The summed E-state index contributed by atoms with van der Waals surface area (Å²) in [6.45, 7) is 2.13. The van der Waals surface area contributed by atoms with Gasteiger partial charge in [-0.05, 0) is 6.42 Å². The van der Waals surface area contributed by atoms with Crippen molar-refractivity contribution < 1.29 is 15.0 Å². The van der Waals surface area contributed by atoms with Crippen LogP contribution in [0.2, 0.25) is 0 Å². The molecule has 1 fully saturated rings. The molecule has 92 valence electrons. The summed E-state index contributed by atoms with van der Waals surface area (Å²) >= 11 is 0. The minimum Gasteiger partial charge on any atom is -0.392 e. The first-order chi connectivity index (χ1) is 7.63. The molecule has 0 bridgehead atoms. The highest BCUT2D eigenvalue weighted by Gasteiger charge is 2.29. The van der Waals surface area contributed by atoms with E-state index in [1.54, 1.807) is 12.2 Å². The first-order valence-electron chi connectivity index (χ1n) is 6.19. The van der Waals surface area contributed by atoms with Crippen molar-refractivity contribution in [3.05, 3.63) is 12.2 Å². The average molecular weight is 226 g/mol. The van der Waals surface area contributed by atoms with Gasteiger partial charge in [-0.15, -0.1) is 0 Å². The van der Waals surface area contributed by atoms with Crippen molar-refractivity contribution in [3.63, 3.8) is 0 Å². The number of unbranched alkanes of at least 4 members (excludes halogenated alkanes) is 2. The van der Waals surface area contributed by atoms with Crippen molar-refractivity contribution in [1.29, 1.82) is 0 Å².